The summed E-state index contributed by atoms with van der Waals surface area (Å²) in [5.41, 5.74) is 3.32. The van der Waals surface area contributed by atoms with Crippen LogP contribution in [0.1, 0.15) is 24.1 Å². The zero-order valence-electron chi connectivity index (χ0n) is 9.40. The molecule has 2 aromatic rings. The fourth-order valence-corrected chi connectivity index (χ4v) is 2.34. The topological polar surface area (TPSA) is 33.1 Å². The fourth-order valence-electron chi connectivity index (χ4n) is 2.34. The zero-order valence-corrected chi connectivity index (χ0v) is 9.40. The van der Waals surface area contributed by atoms with Gasteiger partial charge in [-0.2, -0.15) is 0 Å². The van der Waals surface area contributed by atoms with Crippen molar-refractivity contribution in [2.45, 2.75) is 25.2 Å². The van der Waals surface area contributed by atoms with Crippen molar-refractivity contribution >= 4 is 10.9 Å². The summed E-state index contributed by atoms with van der Waals surface area (Å²) in [5, 5.41) is 10.7. The minimum atomic E-state index is 0.000301. The third-order valence-electron chi connectivity index (χ3n) is 3.59. The Morgan fingerprint density at radius 2 is 2.06 bits per heavy atom. The number of nitrogens with zero attached hydrogens (tertiary/aromatic N) is 1. The minimum absolute atomic E-state index is 0.000301. The van der Waals surface area contributed by atoms with E-state index >= 15 is 0 Å². The molecule has 0 bridgehead atoms. The first-order valence-corrected chi connectivity index (χ1v) is 5.73. The molecular formula is C14H15NO. The summed E-state index contributed by atoms with van der Waals surface area (Å²) in [5.74, 6) is 0. The molecule has 1 aliphatic rings. The summed E-state index contributed by atoms with van der Waals surface area (Å²) in [6.45, 7) is 2.25. The SMILES string of the molecule is Cc1ccc2cccc(C3(CO)CC3)c2n1. The van der Waals surface area contributed by atoms with Gasteiger partial charge in [0.05, 0.1) is 12.1 Å². The molecule has 0 radical (unpaired) electrons. The van der Waals surface area contributed by atoms with Crippen molar-refractivity contribution in [3.05, 3.63) is 41.6 Å². The molecule has 1 aromatic heterocycles. The van der Waals surface area contributed by atoms with Crippen LogP contribution in [0.4, 0.5) is 0 Å². The van der Waals surface area contributed by atoms with Crippen LogP contribution >= 0.6 is 0 Å². The minimum Gasteiger partial charge on any atom is -0.395 e. The summed E-state index contributed by atoms with van der Waals surface area (Å²) in [4.78, 5) is 4.62. The third kappa shape index (κ3) is 1.34. The smallest absolute Gasteiger partial charge is 0.0743 e. The molecule has 0 atom stereocenters. The van der Waals surface area contributed by atoms with Gasteiger partial charge in [0.2, 0.25) is 0 Å². The maximum Gasteiger partial charge on any atom is 0.0743 e. The molecule has 0 saturated heterocycles. The fraction of sp³-hybridized carbons (Fsp3) is 0.357. The van der Waals surface area contributed by atoms with Crippen LogP contribution in [0.2, 0.25) is 0 Å². The number of fused-ring (bicyclic) bond motifs is 1. The van der Waals surface area contributed by atoms with Gasteiger partial charge in [0, 0.05) is 16.5 Å². The molecule has 0 amide bonds. The number of rotatable bonds is 2. The first-order chi connectivity index (χ1) is 7.75. The molecule has 82 valence electrons. The number of pyridine rings is 1. The van der Waals surface area contributed by atoms with Crippen molar-refractivity contribution in [3.63, 3.8) is 0 Å². The first kappa shape index (κ1) is 9.79. The van der Waals surface area contributed by atoms with Gasteiger partial charge in [0.15, 0.2) is 0 Å². The number of aliphatic hydroxyl groups excluding tert-OH is 1. The Hall–Kier alpha value is -1.41. The lowest BCUT2D eigenvalue weighted by Crippen LogP contribution is -2.12. The predicted molar refractivity (Wildman–Crippen MR) is 64.5 cm³/mol. The van der Waals surface area contributed by atoms with E-state index in [0.717, 1.165) is 24.1 Å². The van der Waals surface area contributed by atoms with E-state index < -0.39 is 0 Å². The maximum absolute atomic E-state index is 9.51. The van der Waals surface area contributed by atoms with Crippen LogP contribution in [-0.2, 0) is 5.41 Å². The van der Waals surface area contributed by atoms with E-state index in [1.54, 1.807) is 0 Å². The van der Waals surface area contributed by atoms with Crippen molar-refractivity contribution in [3.8, 4) is 0 Å². The van der Waals surface area contributed by atoms with Crippen LogP contribution in [0, 0.1) is 6.92 Å². The predicted octanol–water partition coefficient (Wildman–Crippen LogP) is 2.57. The number of hydrogen-bond acceptors (Lipinski definition) is 2. The third-order valence-corrected chi connectivity index (χ3v) is 3.59. The Labute approximate surface area is 94.9 Å². The summed E-state index contributed by atoms with van der Waals surface area (Å²) < 4.78 is 0. The van der Waals surface area contributed by atoms with Gasteiger partial charge in [-0.1, -0.05) is 24.3 Å². The molecule has 16 heavy (non-hydrogen) atoms. The van der Waals surface area contributed by atoms with E-state index in [4.69, 9.17) is 0 Å². The molecule has 1 aliphatic carbocycles. The molecule has 1 N–H and O–H groups in total. The summed E-state index contributed by atoms with van der Waals surface area (Å²) >= 11 is 0. The number of aliphatic hydroxyl groups is 1. The van der Waals surface area contributed by atoms with Gasteiger partial charge in [0.1, 0.15) is 0 Å². The largest absolute Gasteiger partial charge is 0.395 e. The Balaban J connectivity index is 2.28. The Bertz CT molecular complexity index is 543. The summed E-state index contributed by atoms with van der Waals surface area (Å²) in [7, 11) is 0. The van der Waals surface area contributed by atoms with Crippen LogP contribution in [0.3, 0.4) is 0 Å². The van der Waals surface area contributed by atoms with E-state index in [1.807, 2.05) is 13.0 Å². The second-order valence-corrected chi connectivity index (χ2v) is 4.77. The summed E-state index contributed by atoms with van der Waals surface area (Å²) in [6.07, 6.45) is 2.16. The lowest BCUT2D eigenvalue weighted by molar-refractivity contribution is 0.255. The number of aryl methyl sites for hydroxylation is 1. The molecule has 1 fully saturated rings. The normalized spacial score (nSPS) is 17.6. The Morgan fingerprint density at radius 1 is 1.25 bits per heavy atom. The van der Waals surface area contributed by atoms with Crippen LogP contribution in [0.5, 0.6) is 0 Å². The Kier molecular flexibility index (Phi) is 2.01. The lowest BCUT2D eigenvalue weighted by Gasteiger charge is -2.14. The average Bonchev–Trinajstić information content (AvgIpc) is 3.09. The second-order valence-electron chi connectivity index (χ2n) is 4.77. The average molecular weight is 213 g/mol. The highest BCUT2D eigenvalue weighted by Gasteiger charge is 2.44. The van der Waals surface area contributed by atoms with Crippen molar-refractivity contribution < 1.29 is 5.11 Å². The van der Waals surface area contributed by atoms with Gasteiger partial charge in [0.25, 0.3) is 0 Å². The maximum atomic E-state index is 9.51. The van der Waals surface area contributed by atoms with Crippen molar-refractivity contribution in [2.75, 3.05) is 6.61 Å². The molecule has 0 aliphatic heterocycles. The molecule has 2 nitrogen and oxygen atoms in total. The number of benzene rings is 1. The molecule has 1 aromatic carbocycles. The first-order valence-electron chi connectivity index (χ1n) is 5.73. The van der Waals surface area contributed by atoms with Gasteiger partial charge in [-0.15, -0.1) is 0 Å². The van der Waals surface area contributed by atoms with Crippen molar-refractivity contribution in [2.24, 2.45) is 0 Å². The van der Waals surface area contributed by atoms with Crippen LogP contribution in [0.15, 0.2) is 30.3 Å². The summed E-state index contributed by atoms with van der Waals surface area (Å²) in [6, 6.07) is 10.4. The van der Waals surface area contributed by atoms with Gasteiger partial charge >= 0.3 is 0 Å². The van der Waals surface area contributed by atoms with Crippen LogP contribution in [0.25, 0.3) is 10.9 Å². The molecule has 1 saturated carbocycles. The molecule has 0 spiro atoms. The van der Waals surface area contributed by atoms with Crippen LogP contribution in [-0.4, -0.2) is 16.7 Å². The van der Waals surface area contributed by atoms with E-state index in [-0.39, 0.29) is 12.0 Å². The van der Waals surface area contributed by atoms with Gasteiger partial charge in [-0.05, 0) is 31.4 Å². The zero-order chi connectivity index (χ0) is 11.2. The molecule has 1 heterocycles. The highest BCUT2D eigenvalue weighted by atomic mass is 16.3. The van der Waals surface area contributed by atoms with Crippen LogP contribution < -0.4 is 0 Å². The monoisotopic (exact) mass is 213 g/mol. The van der Waals surface area contributed by atoms with Gasteiger partial charge in [-0.25, -0.2) is 0 Å². The Morgan fingerprint density at radius 3 is 2.75 bits per heavy atom. The molecule has 2 heteroatoms. The molecular weight excluding hydrogens is 198 g/mol. The number of aromatic nitrogens is 1. The van der Waals surface area contributed by atoms with E-state index in [1.165, 1.54) is 10.9 Å². The number of hydrogen-bond donors (Lipinski definition) is 1. The van der Waals surface area contributed by atoms with E-state index in [2.05, 4.69) is 29.2 Å². The number of para-hydroxylation sites is 1. The standard InChI is InChI=1S/C14H15NO/c1-10-5-6-11-3-2-4-12(13(11)15-10)14(9-16)7-8-14/h2-6,16H,7-9H2,1H3. The lowest BCUT2D eigenvalue weighted by atomic mass is 9.94. The van der Waals surface area contributed by atoms with Gasteiger partial charge in [-0.3, -0.25) is 4.98 Å². The van der Waals surface area contributed by atoms with Crippen molar-refractivity contribution in [1.29, 1.82) is 0 Å². The second kappa shape index (κ2) is 3.29. The van der Waals surface area contributed by atoms with Gasteiger partial charge < -0.3 is 5.11 Å². The highest BCUT2D eigenvalue weighted by molar-refractivity contribution is 5.83. The van der Waals surface area contributed by atoms with E-state index in [9.17, 15) is 5.11 Å². The van der Waals surface area contributed by atoms with E-state index in [0.29, 0.717) is 0 Å². The quantitative estimate of drug-likeness (QED) is 0.831. The highest BCUT2D eigenvalue weighted by Crippen LogP contribution is 2.49. The molecule has 0 unspecified atom stereocenters. The molecule has 3 rings (SSSR count). The van der Waals surface area contributed by atoms with Crippen molar-refractivity contribution in [1.82, 2.24) is 4.98 Å².